The predicted molar refractivity (Wildman–Crippen MR) is 211 cm³/mol. The smallest absolute Gasteiger partial charge is 0.337 e. The number of carbonyl (C=O) groups excluding carboxylic acids is 3. The predicted octanol–water partition coefficient (Wildman–Crippen LogP) is 9.49. The van der Waals surface area contributed by atoms with Crippen molar-refractivity contribution in [2.24, 2.45) is 23.7 Å². The quantitative estimate of drug-likeness (QED) is 0.118. The highest BCUT2D eigenvalue weighted by Gasteiger charge is 2.34. The second kappa shape index (κ2) is 17.4. The number of anilines is 1. The summed E-state index contributed by atoms with van der Waals surface area (Å²) in [5.74, 6) is 13.0. The van der Waals surface area contributed by atoms with Gasteiger partial charge in [-0.25, -0.2) is 9.59 Å². The van der Waals surface area contributed by atoms with E-state index in [0.717, 1.165) is 45.4 Å². The number of carbonyl (C=O) groups is 3. The lowest BCUT2D eigenvalue weighted by atomic mass is 9.68. The molecule has 5 rings (SSSR count). The molecular weight excluding hydrogens is 659 g/mol. The number of nitrogens with one attached hydrogen (secondary N) is 1. The van der Waals surface area contributed by atoms with Gasteiger partial charge in [0, 0.05) is 33.4 Å². The van der Waals surface area contributed by atoms with Crippen molar-refractivity contribution in [1.82, 2.24) is 0 Å². The molecule has 1 amide bonds. The number of hydrogen-bond acceptors (Lipinski definition) is 5. The van der Waals surface area contributed by atoms with E-state index in [1.54, 1.807) is 48.5 Å². The minimum Gasteiger partial charge on any atom is -0.465 e. The van der Waals surface area contributed by atoms with E-state index in [-0.39, 0.29) is 23.7 Å². The molecule has 6 heteroatoms. The molecule has 1 aliphatic rings. The van der Waals surface area contributed by atoms with Crippen LogP contribution in [0.15, 0.2) is 114 Å². The van der Waals surface area contributed by atoms with Crippen LogP contribution in [0.25, 0.3) is 11.1 Å². The Morgan fingerprint density at radius 3 is 1.68 bits per heavy atom. The third-order valence-corrected chi connectivity index (χ3v) is 9.98. The Morgan fingerprint density at radius 2 is 1.21 bits per heavy atom. The number of amides is 1. The van der Waals surface area contributed by atoms with Crippen molar-refractivity contribution in [1.29, 1.82) is 0 Å². The van der Waals surface area contributed by atoms with Crippen LogP contribution in [-0.4, -0.2) is 32.1 Å². The van der Waals surface area contributed by atoms with Gasteiger partial charge in [0.05, 0.1) is 31.0 Å². The van der Waals surface area contributed by atoms with Crippen molar-refractivity contribution in [3.63, 3.8) is 0 Å². The van der Waals surface area contributed by atoms with Crippen LogP contribution < -0.4 is 5.32 Å². The van der Waals surface area contributed by atoms with Gasteiger partial charge >= 0.3 is 11.9 Å². The molecule has 4 aromatic rings. The van der Waals surface area contributed by atoms with Gasteiger partial charge in [-0.2, -0.15) is 0 Å². The summed E-state index contributed by atoms with van der Waals surface area (Å²) < 4.78 is 9.58. The van der Waals surface area contributed by atoms with Gasteiger partial charge < -0.3 is 14.8 Å². The highest BCUT2D eigenvalue weighted by Crippen LogP contribution is 2.41. The molecule has 0 heterocycles. The van der Waals surface area contributed by atoms with Gasteiger partial charge in [-0.1, -0.05) is 80.4 Å². The number of benzene rings is 4. The van der Waals surface area contributed by atoms with Gasteiger partial charge in [-0.15, -0.1) is 0 Å². The van der Waals surface area contributed by atoms with Crippen molar-refractivity contribution in [3.05, 3.63) is 148 Å². The summed E-state index contributed by atoms with van der Waals surface area (Å²) in [7, 11) is 2.71. The van der Waals surface area contributed by atoms with Gasteiger partial charge in [0.1, 0.15) is 0 Å². The molecular formula is C47H45NO5. The van der Waals surface area contributed by atoms with E-state index >= 15 is 0 Å². The third kappa shape index (κ3) is 9.42. The number of methoxy groups -OCH3 is 2. The Morgan fingerprint density at radius 1 is 0.736 bits per heavy atom. The average molecular weight is 704 g/mol. The number of esters is 2. The molecule has 0 saturated carbocycles. The summed E-state index contributed by atoms with van der Waals surface area (Å²) in [6.07, 6.45) is 5.32. The first-order valence-electron chi connectivity index (χ1n) is 17.8. The molecule has 0 spiro atoms. The van der Waals surface area contributed by atoms with Crippen LogP contribution in [0.2, 0.25) is 0 Å². The fourth-order valence-corrected chi connectivity index (χ4v) is 6.64. The van der Waals surface area contributed by atoms with Gasteiger partial charge in [-0.05, 0) is 122 Å². The summed E-state index contributed by atoms with van der Waals surface area (Å²) in [5.41, 5.74) is 8.51. The largest absolute Gasteiger partial charge is 0.465 e. The zero-order chi connectivity index (χ0) is 38.1. The Hall–Kier alpha value is -6.11. The SMILES string of the molecule is C/C=C(/C)[C@@H]1C=C(C(=O)Nc2cc(C#Cc3ccc(C(=O)OC)cc3)ccc2-c2ccc(C#Cc3ccc(C(=O)OC)cc3)cc2)C(C)C(C(C)C)C1. The molecule has 1 N–H and O–H groups in total. The standard InChI is InChI=1S/C47H45NO5/c1-8-31(4)40-28-42(30(2)3)32(5)43(29-40)45(49)48-44-27-36(12-11-35-17-24-39(25-18-35)47(51)53-7)19-26-41(44)37-20-13-33(14-21-37)9-10-34-15-22-38(23-16-34)46(50)52-6/h8,13-27,29-30,32,40,42H,28H2,1-7H3,(H,48,49)/b31-8-/t32?,40-,42?/m0/s1. The monoisotopic (exact) mass is 703 g/mol. The maximum Gasteiger partial charge on any atom is 0.337 e. The maximum absolute atomic E-state index is 14.2. The summed E-state index contributed by atoms with van der Waals surface area (Å²) >= 11 is 0. The normalized spacial score (nSPS) is 16.6. The molecule has 6 nitrogen and oxygen atoms in total. The first-order valence-corrected chi connectivity index (χ1v) is 17.8. The lowest BCUT2D eigenvalue weighted by molar-refractivity contribution is -0.113. The van der Waals surface area contributed by atoms with E-state index in [2.05, 4.69) is 75.8 Å². The Labute approximate surface area is 313 Å². The molecule has 0 radical (unpaired) electrons. The molecule has 0 bridgehead atoms. The lowest BCUT2D eigenvalue weighted by Gasteiger charge is -2.36. The molecule has 268 valence electrons. The molecule has 3 atom stereocenters. The minimum atomic E-state index is -0.401. The van der Waals surface area contributed by atoms with Crippen LogP contribution in [0.5, 0.6) is 0 Å². The Bertz CT molecular complexity index is 2170. The van der Waals surface area contributed by atoms with Crippen molar-refractivity contribution < 1.29 is 23.9 Å². The first-order chi connectivity index (χ1) is 25.5. The van der Waals surface area contributed by atoms with Crippen LogP contribution >= 0.6 is 0 Å². The fourth-order valence-electron chi connectivity index (χ4n) is 6.64. The molecule has 0 aromatic heterocycles. The highest BCUT2D eigenvalue weighted by molar-refractivity contribution is 6.06. The summed E-state index contributed by atoms with van der Waals surface area (Å²) in [6.45, 7) is 10.8. The maximum atomic E-state index is 14.2. The van der Waals surface area contributed by atoms with Crippen LogP contribution in [0, 0.1) is 47.4 Å². The molecule has 0 aliphatic heterocycles. The fraction of sp³-hybridized carbons (Fsp3) is 0.255. The molecule has 0 saturated heterocycles. The molecule has 2 unspecified atom stereocenters. The number of rotatable bonds is 7. The van der Waals surface area contributed by atoms with Crippen molar-refractivity contribution in [2.75, 3.05) is 19.5 Å². The van der Waals surface area contributed by atoms with E-state index in [9.17, 15) is 14.4 Å². The minimum absolute atomic E-state index is 0.102. The van der Waals surface area contributed by atoms with Crippen molar-refractivity contribution in [3.8, 4) is 34.8 Å². The number of allylic oxidation sites excluding steroid dienone is 3. The number of hydrogen-bond donors (Lipinski definition) is 1. The molecule has 0 fully saturated rings. The van der Waals surface area contributed by atoms with Gasteiger partial charge in [-0.3, -0.25) is 4.79 Å². The lowest BCUT2D eigenvalue weighted by Crippen LogP contribution is -2.32. The van der Waals surface area contributed by atoms with E-state index in [4.69, 9.17) is 9.47 Å². The second-order valence-corrected chi connectivity index (χ2v) is 13.6. The first kappa shape index (κ1) is 38.1. The summed E-state index contributed by atoms with van der Waals surface area (Å²) in [6, 6.07) is 27.6. The Balaban J connectivity index is 1.48. The van der Waals surface area contributed by atoms with Crippen molar-refractivity contribution in [2.45, 2.75) is 41.0 Å². The zero-order valence-corrected chi connectivity index (χ0v) is 31.4. The van der Waals surface area contributed by atoms with Gasteiger partial charge in [0.25, 0.3) is 5.91 Å². The average Bonchev–Trinajstić information content (AvgIpc) is 3.19. The van der Waals surface area contributed by atoms with E-state index in [1.807, 2.05) is 42.5 Å². The molecule has 1 aliphatic carbocycles. The third-order valence-electron chi connectivity index (χ3n) is 9.98. The van der Waals surface area contributed by atoms with Crippen molar-refractivity contribution >= 4 is 23.5 Å². The van der Waals surface area contributed by atoms with Crippen LogP contribution in [0.4, 0.5) is 5.69 Å². The molecule has 53 heavy (non-hydrogen) atoms. The number of ether oxygens (including phenoxy) is 2. The zero-order valence-electron chi connectivity index (χ0n) is 31.4. The second-order valence-electron chi connectivity index (χ2n) is 13.6. The summed E-state index contributed by atoms with van der Waals surface area (Å²) in [5, 5.41) is 3.28. The molecule has 4 aromatic carbocycles. The van der Waals surface area contributed by atoms with E-state index < -0.39 is 5.97 Å². The Kier molecular flexibility index (Phi) is 12.5. The van der Waals surface area contributed by atoms with E-state index in [0.29, 0.717) is 28.7 Å². The van der Waals surface area contributed by atoms with Crippen LogP contribution in [-0.2, 0) is 14.3 Å². The topological polar surface area (TPSA) is 81.7 Å². The summed E-state index contributed by atoms with van der Waals surface area (Å²) in [4.78, 5) is 37.8. The van der Waals surface area contributed by atoms with E-state index in [1.165, 1.54) is 19.8 Å². The van der Waals surface area contributed by atoms with Crippen LogP contribution in [0.1, 0.15) is 84.0 Å². The van der Waals surface area contributed by atoms with Gasteiger partial charge in [0.15, 0.2) is 0 Å². The highest BCUT2D eigenvalue weighted by atomic mass is 16.5. The van der Waals surface area contributed by atoms with Crippen LogP contribution in [0.3, 0.4) is 0 Å². The van der Waals surface area contributed by atoms with Gasteiger partial charge in [0.2, 0.25) is 0 Å².